The molecule has 1 N–H and O–H groups in total. The molecule has 2 heterocycles. The molecule has 0 spiro atoms. The van der Waals surface area contributed by atoms with Crippen molar-refractivity contribution < 1.29 is 23.0 Å². The minimum atomic E-state index is -3.62. The number of ether oxygens (including phenoxy) is 2. The third-order valence-corrected chi connectivity index (χ3v) is 6.91. The fourth-order valence-electron chi connectivity index (χ4n) is 3.70. The van der Waals surface area contributed by atoms with Gasteiger partial charge in [-0.1, -0.05) is 18.2 Å². The number of fused-ring (bicyclic) bond motifs is 1. The minimum absolute atomic E-state index is 0.205. The Morgan fingerprint density at radius 1 is 1.25 bits per heavy atom. The second-order valence-electron chi connectivity index (χ2n) is 7.02. The Bertz CT molecular complexity index is 745. The number of sulfone groups is 1. The molecule has 1 aromatic rings. The zero-order valence-electron chi connectivity index (χ0n) is 14.3. The molecule has 2 aliphatic heterocycles. The van der Waals surface area contributed by atoms with Gasteiger partial charge in [0.2, 0.25) is 15.6 Å². The van der Waals surface area contributed by atoms with E-state index in [4.69, 9.17) is 9.47 Å². The Labute approximate surface area is 143 Å². The summed E-state index contributed by atoms with van der Waals surface area (Å²) >= 11 is 0. The second kappa shape index (κ2) is 5.86. The van der Waals surface area contributed by atoms with Crippen molar-refractivity contribution in [1.29, 1.82) is 0 Å². The smallest absolute Gasteiger partial charge is 0.241 e. The fourth-order valence-corrected chi connectivity index (χ4v) is 5.35. The van der Waals surface area contributed by atoms with Crippen LogP contribution in [-0.2, 0) is 19.3 Å². The highest BCUT2D eigenvalue weighted by Gasteiger charge is 2.58. The lowest BCUT2D eigenvalue weighted by atomic mass is 9.77. The molecule has 132 valence electrons. The summed E-state index contributed by atoms with van der Waals surface area (Å²) in [4.78, 5) is 0.541. The Balaban J connectivity index is 2.06. The van der Waals surface area contributed by atoms with Gasteiger partial charge in [-0.3, -0.25) is 0 Å². The first-order chi connectivity index (χ1) is 11.2. The van der Waals surface area contributed by atoms with Crippen molar-refractivity contribution in [3.05, 3.63) is 41.0 Å². The molecule has 0 saturated carbocycles. The van der Waals surface area contributed by atoms with Gasteiger partial charge >= 0.3 is 0 Å². The summed E-state index contributed by atoms with van der Waals surface area (Å²) in [5, 5.41) is 10.6. The molecule has 0 unspecified atom stereocenters. The molecule has 0 radical (unpaired) electrons. The zero-order chi connectivity index (χ0) is 17.6. The Morgan fingerprint density at radius 3 is 2.54 bits per heavy atom. The van der Waals surface area contributed by atoms with Gasteiger partial charge in [0, 0.05) is 5.92 Å². The number of allylic oxidation sites excluding steroid dienone is 2. The lowest BCUT2D eigenvalue weighted by Gasteiger charge is -2.52. The summed E-state index contributed by atoms with van der Waals surface area (Å²) in [6.07, 6.45) is 1.89. The van der Waals surface area contributed by atoms with Crippen LogP contribution < -0.4 is 0 Å². The third kappa shape index (κ3) is 2.66. The molecule has 2 atom stereocenters. The molecular weight excluding hydrogens is 328 g/mol. The van der Waals surface area contributed by atoms with Gasteiger partial charge in [0.15, 0.2) is 0 Å². The van der Waals surface area contributed by atoms with Crippen LogP contribution in [0.1, 0.15) is 40.0 Å². The number of benzene rings is 1. The quantitative estimate of drug-likeness (QED) is 0.905. The van der Waals surface area contributed by atoms with Crippen molar-refractivity contribution >= 4 is 9.84 Å². The monoisotopic (exact) mass is 352 g/mol. The Kier molecular flexibility index (Phi) is 4.26. The van der Waals surface area contributed by atoms with Crippen LogP contribution in [0, 0.1) is 5.92 Å². The molecule has 5 nitrogen and oxygen atoms in total. The molecule has 1 aromatic carbocycles. The van der Waals surface area contributed by atoms with E-state index < -0.39 is 21.2 Å². The van der Waals surface area contributed by atoms with Crippen LogP contribution >= 0.6 is 0 Å². The molecule has 0 aromatic heterocycles. The van der Waals surface area contributed by atoms with Gasteiger partial charge in [-0.2, -0.15) is 0 Å². The topological polar surface area (TPSA) is 72.8 Å². The van der Waals surface area contributed by atoms with Crippen LogP contribution in [-0.4, -0.2) is 31.5 Å². The van der Waals surface area contributed by atoms with Crippen LogP contribution in [0.2, 0.25) is 0 Å². The molecule has 6 heteroatoms. The van der Waals surface area contributed by atoms with Gasteiger partial charge in [0.25, 0.3) is 0 Å². The van der Waals surface area contributed by atoms with Crippen LogP contribution in [0.15, 0.2) is 45.9 Å². The van der Waals surface area contributed by atoms with Crippen LogP contribution in [0.3, 0.4) is 0 Å². The number of aliphatic hydroxyl groups is 1. The first-order valence-electron chi connectivity index (χ1n) is 8.24. The number of rotatable bonds is 3. The Hall–Kier alpha value is -1.37. The maximum atomic E-state index is 13.0. The minimum Gasteiger partial charge on any atom is -0.463 e. The standard InChI is InChI=1S/C18H24O5S/c1-13-16(24(20,21)15-9-5-4-6-10-15)12-14-8-7-11-22-18(14,23-13)17(2,3)19/h4-6,9-10,14,19H,7-8,11-12H2,1-3H3/t14-,18-/m1/s1. The van der Waals surface area contributed by atoms with Crippen molar-refractivity contribution in [2.24, 2.45) is 5.92 Å². The summed E-state index contributed by atoms with van der Waals surface area (Å²) in [5.74, 6) is -1.09. The van der Waals surface area contributed by atoms with E-state index >= 15 is 0 Å². The summed E-state index contributed by atoms with van der Waals surface area (Å²) in [6.45, 7) is 5.43. The maximum absolute atomic E-state index is 13.0. The van der Waals surface area contributed by atoms with E-state index in [9.17, 15) is 13.5 Å². The highest BCUT2D eigenvalue weighted by atomic mass is 32.2. The van der Waals surface area contributed by atoms with Gasteiger partial charge < -0.3 is 14.6 Å². The van der Waals surface area contributed by atoms with Crippen molar-refractivity contribution in [3.63, 3.8) is 0 Å². The second-order valence-corrected chi connectivity index (χ2v) is 8.99. The molecule has 1 saturated heterocycles. The predicted molar refractivity (Wildman–Crippen MR) is 89.7 cm³/mol. The average Bonchev–Trinajstić information content (AvgIpc) is 2.53. The lowest BCUT2D eigenvalue weighted by molar-refractivity contribution is -0.341. The predicted octanol–water partition coefficient (Wildman–Crippen LogP) is 3.01. The van der Waals surface area contributed by atoms with E-state index in [0.717, 1.165) is 12.8 Å². The summed E-state index contributed by atoms with van der Waals surface area (Å²) in [5.41, 5.74) is -1.23. The van der Waals surface area contributed by atoms with E-state index in [-0.39, 0.29) is 15.7 Å². The third-order valence-electron chi connectivity index (χ3n) is 4.91. The van der Waals surface area contributed by atoms with Crippen LogP contribution in [0.5, 0.6) is 0 Å². The van der Waals surface area contributed by atoms with E-state index in [1.165, 1.54) is 0 Å². The van der Waals surface area contributed by atoms with E-state index in [2.05, 4.69) is 0 Å². The molecule has 1 fully saturated rings. The van der Waals surface area contributed by atoms with E-state index in [1.54, 1.807) is 51.1 Å². The molecule has 0 aliphatic carbocycles. The highest BCUT2D eigenvalue weighted by molar-refractivity contribution is 7.95. The average molecular weight is 352 g/mol. The molecule has 3 rings (SSSR count). The van der Waals surface area contributed by atoms with Gasteiger partial charge in [-0.15, -0.1) is 0 Å². The normalized spacial score (nSPS) is 28.2. The summed E-state index contributed by atoms with van der Waals surface area (Å²) in [7, 11) is -3.62. The molecule has 0 amide bonds. The van der Waals surface area contributed by atoms with Crippen LogP contribution in [0.25, 0.3) is 0 Å². The highest BCUT2D eigenvalue weighted by Crippen LogP contribution is 2.49. The number of hydrogen-bond acceptors (Lipinski definition) is 5. The zero-order valence-corrected chi connectivity index (χ0v) is 15.1. The maximum Gasteiger partial charge on any atom is 0.241 e. The van der Waals surface area contributed by atoms with Gasteiger partial charge in [-0.05, 0) is 52.2 Å². The van der Waals surface area contributed by atoms with E-state index in [0.29, 0.717) is 18.8 Å². The van der Waals surface area contributed by atoms with E-state index in [1.807, 2.05) is 0 Å². The van der Waals surface area contributed by atoms with Crippen LogP contribution in [0.4, 0.5) is 0 Å². The van der Waals surface area contributed by atoms with Gasteiger partial charge in [0.05, 0.1) is 16.4 Å². The fraction of sp³-hybridized carbons (Fsp3) is 0.556. The molecule has 24 heavy (non-hydrogen) atoms. The van der Waals surface area contributed by atoms with Crippen molar-refractivity contribution in [3.8, 4) is 0 Å². The largest absolute Gasteiger partial charge is 0.463 e. The van der Waals surface area contributed by atoms with Crippen molar-refractivity contribution in [1.82, 2.24) is 0 Å². The van der Waals surface area contributed by atoms with Gasteiger partial charge in [-0.25, -0.2) is 8.42 Å². The molecule has 2 aliphatic rings. The first kappa shape index (κ1) is 17.5. The first-order valence-corrected chi connectivity index (χ1v) is 9.72. The summed E-state index contributed by atoms with van der Waals surface area (Å²) in [6, 6.07) is 8.37. The SMILES string of the molecule is CC1=C(S(=O)(=O)c2ccccc2)C[C@H]2CCCO[C@@]2(C(C)(C)O)O1. The number of hydrogen-bond donors (Lipinski definition) is 1. The summed E-state index contributed by atoms with van der Waals surface area (Å²) < 4.78 is 37.8. The molecular formula is C18H24O5S. The van der Waals surface area contributed by atoms with Crippen molar-refractivity contribution in [2.75, 3.05) is 6.61 Å². The molecule has 0 bridgehead atoms. The van der Waals surface area contributed by atoms with Crippen molar-refractivity contribution in [2.45, 2.75) is 56.3 Å². The van der Waals surface area contributed by atoms with Gasteiger partial charge in [0.1, 0.15) is 11.4 Å². The lowest BCUT2D eigenvalue weighted by Crippen LogP contribution is -2.62. The Morgan fingerprint density at radius 2 is 1.92 bits per heavy atom.